The van der Waals surface area contributed by atoms with Crippen LogP contribution in [0.3, 0.4) is 0 Å². The van der Waals surface area contributed by atoms with Crippen molar-refractivity contribution in [2.24, 2.45) is 0 Å². The molecule has 1 aliphatic rings. The molecule has 0 bridgehead atoms. The minimum atomic E-state index is 0.882. The number of hydrogen-bond acceptors (Lipinski definition) is 2. The summed E-state index contributed by atoms with van der Waals surface area (Å²) in [4.78, 5) is 0. The van der Waals surface area contributed by atoms with Crippen LogP contribution in [0.1, 0.15) is 19.8 Å². The lowest BCUT2D eigenvalue weighted by Gasteiger charge is -2.21. The summed E-state index contributed by atoms with van der Waals surface area (Å²) in [5, 5.41) is 4.25. The fourth-order valence-electron chi connectivity index (χ4n) is 1.22. The molecule has 0 aromatic rings. The molecule has 0 aromatic heterocycles. The van der Waals surface area contributed by atoms with E-state index >= 15 is 0 Å². The lowest BCUT2D eigenvalue weighted by atomic mass is 10.2. The first kappa shape index (κ1) is 9.14. The largest absolute Gasteiger partial charge is 0.317 e. The molecule has 0 aromatic carbocycles. The Kier molecular flexibility index (Phi) is 4.02. The predicted molar refractivity (Wildman–Crippen MR) is 53.2 cm³/mol. The highest BCUT2D eigenvalue weighted by Crippen LogP contribution is 2.21. The van der Waals surface area contributed by atoms with E-state index in [0.717, 1.165) is 11.0 Å². The zero-order chi connectivity index (χ0) is 8.10. The Labute approximate surface area is 73.6 Å². The molecule has 0 amide bonds. The lowest BCUT2D eigenvalue weighted by molar-refractivity contribution is 0.532. The number of rotatable bonds is 3. The van der Waals surface area contributed by atoms with Crippen LogP contribution in [0.4, 0.5) is 0 Å². The average molecular weight is 171 g/mol. The highest BCUT2D eigenvalue weighted by molar-refractivity contribution is 8.00. The molecule has 1 aliphatic heterocycles. The van der Waals surface area contributed by atoms with Gasteiger partial charge >= 0.3 is 0 Å². The zero-order valence-corrected chi connectivity index (χ0v) is 8.04. The molecular formula is C9H17NS. The van der Waals surface area contributed by atoms with E-state index in [0.29, 0.717) is 0 Å². The van der Waals surface area contributed by atoms with E-state index in [4.69, 9.17) is 0 Å². The smallest absolute Gasteiger partial charge is 0.0140 e. The van der Waals surface area contributed by atoms with Crippen molar-refractivity contribution >= 4 is 11.8 Å². The predicted octanol–water partition coefficient (Wildman–Crippen LogP) is 2.05. The summed E-state index contributed by atoms with van der Waals surface area (Å²) in [6.07, 6.45) is 2.66. The zero-order valence-electron chi connectivity index (χ0n) is 7.23. The third-order valence-corrected chi connectivity index (χ3v) is 3.45. The van der Waals surface area contributed by atoms with Crippen LogP contribution in [0, 0.1) is 0 Å². The van der Waals surface area contributed by atoms with E-state index in [2.05, 4.69) is 30.6 Å². The minimum absolute atomic E-state index is 0.882. The van der Waals surface area contributed by atoms with Gasteiger partial charge in [-0.1, -0.05) is 12.2 Å². The van der Waals surface area contributed by atoms with Crippen molar-refractivity contribution in [3.05, 3.63) is 12.2 Å². The summed E-state index contributed by atoms with van der Waals surface area (Å²) in [5.74, 6) is 1.14. The van der Waals surface area contributed by atoms with Crippen molar-refractivity contribution in [2.45, 2.75) is 25.0 Å². The molecular weight excluding hydrogens is 154 g/mol. The van der Waals surface area contributed by atoms with Crippen LogP contribution in [0.25, 0.3) is 0 Å². The van der Waals surface area contributed by atoms with E-state index in [9.17, 15) is 0 Å². The lowest BCUT2D eigenvalue weighted by Crippen LogP contribution is -2.29. The van der Waals surface area contributed by atoms with Gasteiger partial charge in [0.15, 0.2) is 0 Å². The first-order chi connectivity index (χ1) is 5.29. The summed E-state index contributed by atoms with van der Waals surface area (Å²) >= 11 is 2.07. The number of hydrogen-bond donors (Lipinski definition) is 1. The fourth-order valence-corrected chi connectivity index (χ4v) is 2.31. The average Bonchev–Trinajstić information content (AvgIpc) is 2.03. The molecule has 1 fully saturated rings. The highest BCUT2D eigenvalue weighted by atomic mass is 32.2. The third kappa shape index (κ3) is 3.82. The molecule has 1 nitrogen and oxygen atoms in total. The third-order valence-electron chi connectivity index (χ3n) is 1.85. The van der Waals surface area contributed by atoms with Gasteiger partial charge in [0.1, 0.15) is 0 Å². The second-order valence-corrected chi connectivity index (χ2v) is 4.51. The Hall–Kier alpha value is 0.0500. The molecule has 0 saturated carbocycles. The van der Waals surface area contributed by atoms with Crippen LogP contribution in [0.5, 0.6) is 0 Å². The summed E-state index contributed by atoms with van der Waals surface area (Å²) in [5.41, 5.74) is 1.30. The van der Waals surface area contributed by atoms with Crippen LogP contribution in [0.2, 0.25) is 0 Å². The van der Waals surface area contributed by atoms with Crippen molar-refractivity contribution < 1.29 is 0 Å². The van der Waals surface area contributed by atoms with E-state index in [1.54, 1.807) is 0 Å². The standard InChI is InChI=1S/C9H17NS/c1-8(2)7-11-9-3-5-10-6-4-9/h9-10H,1,3-7H2,2H3. The molecule has 11 heavy (non-hydrogen) atoms. The van der Waals surface area contributed by atoms with Crippen LogP contribution in [-0.2, 0) is 0 Å². The van der Waals surface area contributed by atoms with Gasteiger partial charge < -0.3 is 5.32 Å². The van der Waals surface area contributed by atoms with Gasteiger partial charge in [-0.25, -0.2) is 0 Å². The van der Waals surface area contributed by atoms with Gasteiger partial charge in [-0.05, 0) is 32.9 Å². The Morgan fingerprint density at radius 3 is 2.73 bits per heavy atom. The number of nitrogens with one attached hydrogen (secondary N) is 1. The van der Waals surface area contributed by atoms with E-state index in [1.807, 2.05) is 0 Å². The van der Waals surface area contributed by atoms with Crippen LogP contribution in [0.15, 0.2) is 12.2 Å². The maximum atomic E-state index is 3.90. The van der Waals surface area contributed by atoms with Gasteiger partial charge in [0, 0.05) is 11.0 Å². The van der Waals surface area contributed by atoms with Gasteiger partial charge in [-0.2, -0.15) is 11.8 Å². The Bertz CT molecular complexity index is 128. The maximum Gasteiger partial charge on any atom is 0.0140 e. The van der Waals surface area contributed by atoms with Gasteiger partial charge in [0.05, 0.1) is 0 Å². The first-order valence-corrected chi connectivity index (χ1v) is 5.30. The molecule has 0 radical (unpaired) electrons. The summed E-state index contributed by atoms with van der Waals surface area (Å²) in [7, 11) is 0. The van der Waals surface area contributed by atoms with Crippen LogP contribution < -0.4 is 5.32 Å². The molecule has 0 atom stereocenters. The van der Waals surface area contributed by atoms with Crippen molar-refractivity contribution in [1.29, 1.82) is 0 Å². The van der Waals surface area contributed by atoms with E-state index in [-0.39, 0.29) is 0 Å². The molecule has 0 aliphatic carbocycles. The van der Waals surface area contributed by atoms with Gasteiger partial charge in [0.25, 0.3) is 0 Å². The highest BCUT2D eigenvalue weighted by Gasteiger charge is 2.12. The minimum Gasteiger partial charge on any atom is -0.317 e. The maximum absolute atomic E-state index is 3.90. The molecule has 1 rings (SSSR count). The van der Waals surface area contributed by atoms with Crippen LogP contribution >= 0.6 is 11.8 Å². The van der Waals surface area contributed by atoms with E-state index in [1.165, 1.54) is 31.5 Å². The SMILES string of the molecule is C=C(C)CSC1CCNCC1. The first-order valence-electron chi connectivity index (χ1n) is 4.26. The van der Waals surface area contributed by atoms with E-state index < -0.39 is 0 Å². The van der Waals surface area contributed by atoms with Gasteiger partial charge in [-0.3, -0.25) is 0 Å². The molecule has 64 valence electrons. The Balaban J connectivity index is 2.09. The van der Waals surface area contributed by atoms with Crippen LogP contribution in [-0.4, -0.2) is 24.1 Å². The Morgan fingerprint density at radius 1 is 1.55 bits per heavy atom. The number of thioether (sulfide) groups is 1. The van der Waals surface area contributed by atoms with Crippen molar-refractivity contribution in [2.75, 3.05) is 18.8 Å². The normalized spacial score (nSPS) is 20.1. The van der Waals surface area contributed by atoms with Crippen molar-refractivity contribution in [3.63, 3.8) is 0 Å². The summed E-state index contributed by atoms with van der Waals surface area (Å²) < 4.78 is 0. The molecule has 1 saturated heterocycles. The summed E-state index contributed by atoms with van der Waals surface area (Å²) in [6, 6.07) is 0. The molecule has 0 unspecified atom stereocenters. The quantitative estimate of drug-likeness (QED) is 0.652. The monoisotopic (exact) mass is 171 g/mol. The fraction of sp³-hybridized carbons (Fsp3) is 0.778. The molecule has 2 heteroatoms. The van der Waals surface area contributed by atoms with Gasteiger partial charge in [0.2, 0.25) is 0 Å². The Morgan fingerprint density at radius 2 is 2.18 bits per heavy atom. The second-order valence-electron chi connectivity index (χ2n) is 3.22. The second kappa shape index (κ2) is 4.83. The molecule has 1 heterocycles. The molecule has 1 N–H and O–H groups in total. The number of piperidine rings is 1. The molecule has 0 spiro atoms. The van der Waals surface area contributed by atoms with Crippen molar-refractivity contribution in [1.82, 2.24) is 5.32 Å². The van der Waals surface area contributed by atoms with Crippen molar-refractivity contribution in [3.8, 4) is 0 Å². The van der Waals surface area contributed by atoms with Gasteiger partial charge in [-0.15, -0.1) is 0 Å². The summed E-state index contributed by atoms with van der Waals surface area (Å²) in [6.45, 7) is 8.41. The topological polar surface area (TPSA) is 12.0 Å².